The van der Waals surface area contributed by atoms with Gasteiger partial charge in [-0.25, -0.2) is 9.48 Å². The van der Waals surface area contributed by atoms with Crippen molar-refractivity contribution in [2.45, 2.75) is 26.3 Å². The van der Waals surface area contributed by atoms with Crippen LogP contribution in [0.4, 0.5) is 4.79 Å². The van der Waals surface area contributed by atoms with Crippen molar-refractivity contribution < 1.29 is 4.79 Å². The van der Waals surface area contributed by atoms with Crippen molar-refractivity contribution in [1.29, 1.82) is 0 Å². The summed E-state index contributed by atoms with van der Waals surface area (Å²) in [5, 5.41) is 6.03. The van der Waals surface area contributed by atoms with Gasteiger partial charge in [0, 0.05) is 25.2 Å². The van der Waals surface area contributed by atoms with E-state index in [4.69, 9.17) is 0 Å². The number of rotatable bonds is 3. The molecule has 6 heteroatoms. The normalized spacial score (nSPS) is 13.8. The van der Waals surface area contributed by atoms with Crippen molar-refractivity contribution in [3.8, 4) is 5.69 Å². The second-order valence-electron chi connectivity index (χ2n) is 5.45. The molecule has 0 aliphatic carbocycles. The van der Waals surface area contributed by atoms with Crippen LogP contribution in [-0.2, 0) is 13.0 Å². The minimum Gasteiger partial charge on any atom is -0.338 e. The number of hydrogen-bond acceptors (Lipinski definition) is 2. The van der Waals surface area contributed by atoms with E-state index in [2.05, 4.69) is 10.4 Å². The Balaban J connectivity index is 1.85. The summed E-state index contributed by atoms with van der Waals surface area (Å²) in [4.78, 5) is 26.3. The van der Waals surface area contributed by atoms with E-state index in [9.17, 15) is 9.59 Å². The number of amides is 2. The Labute approximate surface area is 128 Å². The highest BCUT2D eigenvalue weighted by Crippen LogP contribution is 2.15. The van der Waals surface area contributed by atoms with Crippen LogP contribution in [0.15, 0.2) is 35.1 Å². The quantitative estimate of drug-likeness (QED) is 0.904. The van der Waals surface area contributed by atoms with E-state index in [1.807, 2.05) is 37.3 Å². The van der Waals surface area contributed by atoms with Crippen LogP contribution in [0.1, 0.15) is 24.6 Å². The van der Waals surface area contributed by atoms with Crippen LogP contribution in [-0.4, -0.2) is 33.8 Å². The van der Waals surface area contributed by atoms with E-state index >= 15 is 0 Å². The lowest BCUT2D eigenvalue weighted by Gasteiger charge is -2.26. The van der Waals surface area contributed by atoms with Gasteiger partial charge in [0.15, 0.2) is 0 Å². The van der Waals surface area contributed by atoms with Crippen LogP contribution in [0.5, 0.6) is 0 Å². The van der Waals surface area contributed by atoms with Crippen LogP contribution in [0.3, 0.4) is 0 Å². The second-order valence-corrected chi connectivity index (χ2v) is 5.45. The Kier molecular flexibility index (Phi) is 4.00. The number of urea groups is 1. The molecule has 2 heterocycles. The molecule has 2 aromatic rings. The summed E-state index contributed by atoms with van der Waals surface area (Å²) in [5.74, 6) is 0. The Morgan fingerprint density at radius 2 is 2.09 bits per heavy atom. The van der Waals surface area contributed by atoms with E-state index in [0.717, 1.165) is 17.8 Å². The molecule has 3 rings (SSSR count). The SMILES string of the molecule is CCCNC(=O)N1CCc2[nH]n(-c3ccccc3)c(=O)c2C1. The molecule has 0 spiro atoms. The molecule has 116 valence electrons. The minimum absolute atomic E-state index is 0.0748. The summed E-state index contributed by atoms with van der Waals surface area (Å²) in [5.41, 5.74) is 2.34. The predicted octanol–water partition coefficient (Wildman–Crippen LogP) is 1.64. The standard InChI is InChI=1S/C16H20N4O2/c1-2-9-17-16(22)19-10-8-14-13(11-19)15(21)20(18-14)12-6-4-3-5-7-12/h3-7,18H,2,8-11H2,1H3,(H,17,22). The molecule has 6 nitrogen and oxygen atoms in total. The number of fused-ring (bicyclic) bond motifs is 1. The van der Waals surface area contributed by atoms with E-state index < -0.39 is 0 Å². The molecule has 1 aromatic carbocycles. The highest BCUT2D eigenvalue weighted by molar-refractivity contribution is 5.74. The average molecular weight is 300 g/mol. The number of carbonyl (C=O) groups is 1. The fourth-order valence-electron chi connectivity index (χ4n) is 2.68. The summed E-state index contributed by atoms with van der Waals surface area (Å²) in [6, 6.07) is 9.37. The van der Waals surface area contributed by atoms with Gasteiger partial charge < -0.3 is 10.2 Å². The van der Waals surface area contributed by atoms with E-state index in [1.165, 1.54) is 0 Å². The van der Waals surface area contributed by atoms with Crippen molar-refractivity contribution in [2.24, 2.45) is 0 Å². The Hall–Kier alpha value is -2.50. The molecule has 1 aromatic heterocycles. The summed E-state index contributed by atoms with van der Waals surface area (Å²) in [7, 11) is 0. The number of para-hydroxylation sites is 1. The van der Waals surface area contributed by atoms with Gasteiger partial charge in [-0.3, -0.25) is 9.89 Å². The lowest BCUT2D eigenvalue weighted by atomic mass is 10.1. The van der Waals surface area contributed by atoms with Crippen molar-refractivity contribution in [3.05, 3.63) is 51.9 Å². The molecule has 2 amide bonds. The number of benzene rings is 1. The molecule has 0 radical (unpaired) electrons. The summed E-state index contributed by atoms with van der Waals surface area (Å²) >= 11 is 0. The largest absolute Gasteiger partial charge is 0.338 e. The molecule has 0 unspecified atom stereocenters. The Bertz CT molecular complexity index is 717. The van der Waals surface area contributed by atoms with Crippen LogP contribution in [0.2, 0.25) is 0 Å². The summed E-state index contributed by atoms with van der Waals surface area (Å²) < 4.78 is 1.55. The first-order valence-corrected chi connectivity index (χ1v) is 7.61. The third kappa shape index (κ3) is 2.64. The smallest absolute Gasteiger partial charge is 0.317 e. The van der Waals surface area contributed by atoms with Gasteiger partial charge in [0.2, 0.25) is 0 Å². The number of aromatic amines is 1. The van der Waals surface area contributed by atoms with Crippen molar-refractivity contribution >= 4 is 6.03 Å². The number of hydrogen-bond donors (Lipinski definition) is 2. The van der Waals surface area contributed by atoms with E-state index in [0.29, 0.717) is 31.6 Å². The molecular formula is C16H20N4O2. The molecule has 0 saturated heterocycles. The minimum atomic E-state index is -0.0978. The lowest BCUT2D eigenvalue weighted by molar-refractivity contribution is 0.192. The maximum Gasteiger partial charge on any atom is 0.317 e. The van der Waals surface area contributed by atoms with Gasteiger partial charge in [0.05, 0.1) is 17.8 Å². The maximum atomic E-state index is 12.6. The second kappa shape index (κ2) is 6.09. The van der Waals surface area contributed by atoms with E-state index in [1.54, 1.807) is 9.58 Å². The van der Waals surface area contributed by atoms with Crippen LogP contribution >= 0.6 is 0 Å². The van der Waals surface area contributed by atoms with Crippen molar-refractivity contribution in [3.63, 3.8) is 0 Å². The monoisotopic (exact) mass is 300 g/mol. The summed E-state index contributed by atoms with van der Waals surface area (Å²) in [6.45, 7) is 3.65. The Morgan fingerprint density at radius 1 is 1.32 bits per heavy atom. The fourth-order valence-corrected chi connectivity index (χ4v) is 2.68. The van der Waals surface area contributed by atoms with Gasteiger partial charge in [0.1, 0.15) is 0 Å². The van der Waals surface area contributed by atoms with Crippen molar-refractivity contribution in [1.82, 2.24) is 20.0 Å². The van der Waals surface area contributed by atoms with Gasteiger partial charge in [0.25, 0.3) is 5.56 Å². The molecule has 0 bridgehead atoms. The van der Waals surface area contributed by atoms with E-state index in [-0.39, 0.29) is 11.6 Å². The predicted molar refractivity (Wildman–Crippen MR) is 84.2 cm³/mol. The number of H-pyrrole nitrogens is 1. The number of nitrogens with zero attached hydrogens (tertiary/aromatic N) is 2. The van der Waals surface area contributed by atoms with Crippen LogP contribution < -0.4 is 10.9 Å². The molecule has 0 saturated carbocycles. The van der Waals surface area contributed by atoms with Gasteiger partial charge in [-0.15, -0.1) is 0 Å². The molecule has 22 heavy (non-hydrogen) atoms. The molecule has 1 aliphatic rings. The zero-order chi connectivity index (χ0) is 15.5. The third-order valence-electron chi connectivity index (χ3n) is 3.88. The first kappa shape index (κ1) is 14.4. The third-order valence-corrected chi connectivity index (χ3v) is 3.88. The van der Waals surface area contributed by atoms with Crippen LogP contribution in [0, 0.1) is 0 Å². The molecule has 0 atom stereocenters. The molecule has 1 aliphatic heterocycles. The molecule has 2 N–H and O–H groups in total. The highest BCUT2D eigenvalue weighted by atomic mass is 16.2. The van der Waals surface area contributed by atoms with Gasteiger partial charge in [-0.1, -0.05) is 25.1 Å². The fraction of sp³-hybridized carbons (Fsp3) is 0.375. The number of carbonyl (C=O) groups excluding carboxylic acids is 1. The zero-order valence-corrected chi connectivity index (χ0v) is 12.6. The number of nitrogens with one attached hydrogen (secondary N) is 2. The first-order chi connectivity index (χ1) is 10.7. The van der Waals surface area contributed by atoms with Crippen LogP contribution in [0.25, 0.3) is 5.69 Å². The van der Waals surface area contributed by atoms with Gasteiger partial charge in [-0.05, 0) is 18.6 Å². The molecule has 0 fully saturated rings. The van der Waals surface area contributed by atoms with Gasteiger partial charge >= 0.3 is 6.03 Å². The van der Waals surface area contributed by atoms with Crippen molar-refractivity contribution in [2.75, 3.05) is 13.1 Å². The Morgan fingerprint density at radius 3 is 2.82 bits per heavy atom. The average Bonchev–Trinajstić information content (AvgIpc) is 2.90. The highest BCUT2D eigenvalue weighted by Gasteiger charge is 2.25. The lowest BCUT2D eigenvalue weighted by Crippen LogP contribution is -2.43. The summed E-state index contributed by atoms with van der Waals surface area (Å²) in [6.07, 6.45) is 1.57. The zero-order valence-electron chi connectivity index (χ0n) is 12.6. The molecular weight excluding hydrogens is 280 g/mol. The maximum absolute atomic E-state index is 12.6. The topological polar surface area (TPSA) is 70.1 Å². The first-order valence-electron chi connectivity index (χ1n) is 7.61. The number of aromatic nitrogens is 2. The van der Waals surface area contributed by atoms with Gasteiger partial charge in [-0.2, -0.15) is 0 Å².